The number of benzene rings is 2. The molecule has 2 saturated heterocycles. The van der Waals surface area contributed by atoms with Crippen molar-refractivity contribution >= 4 is 28.2 Å². The summed E-state index contributed by atoms with van der Waals surface area (Å²) < 4.78 is 82.0. The lowest BCUT2D eigenvalue weighted by Crippen LogP contribution is -2.32. The molecule has 3 N–H and O–H groups in total. The number of hydrogen-bond acceptors (Lipinski definition) is 4. The van der Waals surface area contributed by atoms with Crippen LogP contribution in [0, 0.1) is 0 Å². The van der Waals surface area contributed by atoms with Gasteiger partial charge in [0, 0.05) is 24.9 Å². The minimum Gasteiger partial charge on any atom is -0.391 e. The second kappa shape index (κ2) is 8.26. The van der Waals surface area contributed by atoms with Crippen LogP contribution >= 0.6 is 0 Å². The van der Waals surface area contributed by atoms with Crippen molar-refractivity contribution in [3.8, 4) is 0 Å². The molecule has 1 amide bonds. The molecule has 6 nitrogen and oxygen atoms in total. The number of halogens is 6. The SMILES string of the molecule is O=C(Nc1ccc(N2C3CCC2[C@H](O)C3)cc1C(F)(F)F)c1c[nH]c2cccc(C(F)(F)F)c2c1=O.[HH]. The Morgan fingerprint density at radius 3 is 2.39 bits per heavy atom. The lowest BCUT2D eigenvalue weighted by Gasteiger charge is -2.26. The molecule has 2 unspecified atom stereocenters. The number of aromatic amines is 1. The molecule has 36 heavy (non-hydrogen) atoms. The second-order valence-corrected chi connectivity index (χ2v) is 8.95. The monoisotopic (exact) mass is 513 g/mol. The number of aliphatic hydroxyl groups is 1. The van der Waals surface area contributed by atoms with Gasteiger partial charge >= 0.3 is 12.4 Å². The van der Waals surface area contributed by atoms with Crippen LogP contribution in [0.5, 0.6) is 0 Å². The van der Waals surface area contributed by atoms with E-state index in [9.17, 15) is 41.0 Å². The minimum atomic E-state index is -4.89. The molecular weight excluding hydrogens is 492 g/mol. The number of fused-ring (bicyclic) bond motifs is 3. The van der Waals surface area contributed by atoms with Gasteiger partial charge in [0.1, 0.15) is 5.56 Å². The molecule has 3 aromatic rings. The highest BCUT2D eigenvalue weighted by molar-refractivity contribution is 6.06. The van der Waals surface area contributed by atoms with Crippen LogP contribution in [0.4, 0.5) is 37.7 Å². The summed E-state index contributed by atoms with van der Waals surface area (Å²) >= 11 is 0. The maximum atomic E-state index is 13.9. The fraction of sp³-hybridized carbons (Fsp3) is 0.333. The number of anilines is 2. The Balaban J connectivity index is 0.00000320. The number of pyridine rings is 1. The lowest BCUT2D eigenvalue weighted by atomic mass is 9.98. The van der Waals surface area contributed by atoms with Crippen molar-refractivity contribution in [1.82, 2.24) is 4.98 Å². The number of nitrogens with zero attached hydrogens (tertiary/aromatic N) is 1. The van der Waals surface area contributed by atoms with Gasteiger partial charge in [-0.15, -0.1) is 0 Å². The predicted molar refractivity (Wildman–Crippen MR) is 121 cm³/mol. The first-order chi connectivity index (χ1) is 16.9. The van der Waals surface area contributed by atoms with Gasteiger partial charge in [-0.25, -0.2) is 0 Å². The molecule has 192 valence electrons. The first kappa shape index (κ1) is 24.2. The molecule has 0 radical (unpaired) electrons. The average molecular weight is 513 g/mol. The maximum Gasteiger partial charge on any atom is 0.418 e. The van der Waals surface area contributed by atoms with E-state index in [-0.39, 0.29) is 24.7 Å². The van der Waals surface area contributed by atoms with Crippen molar-refractivity contribution in [2.45, 2.75) is 49.8 Å². The fourth-order valence-electron chi connectivity index (χ4n) is 5.26. The number of carbonyl (C=O) groups is 1. The van der Waals surface area contributed by atoms with Crippen molar-refractivity contribution in [2.75, 3.05) is 10.2 Å². The Hall–Kier alpha value is -3.54. The summed E-state index contributed by atoms with van der Waals surface area (Å²) in [5, 5.41) is 11.4. The number of aliphatic hydroxyl groups excluding tert-OH is 1. The quantitative estimate of drug-likeness (QED) is 0.422. The van der Waals surface area contributed by atoms with E-state index in [4.69, 9.17) is 0 Å². The first-order valence-electron chi connectivity index (χ1n) is 11.1. The number of hydrogen-bond donors (Lipinski definition) is 3. The number of aromatic nitrogens is 1. The summed E-state index contributed by atoms with van der Waals surface area (Å²) in [5.74, 6) is -1.29. The van der Waals surface area contributed by atoms with Crippen LogP contribution in [-0.2, 0) is 12.4 Å². The Kier molecular flexibility index (Phi) is 5.54. The second-order valence-electron chi connectivity index (χ2n) is 8.95. The van der Waals surface area contributed by atoms with Gasteiger partial charge in [-0.1, -0.05) is 6.07 Å². The summed E-state index contributed by atoms with van der Waals surface area (Å²) in [6, 6.07) is 5.88. The fourth-order valence-corrected chi connectivity index (χ4v) is 5.26. The van der Waals surface area contributed by atoms with Gasteiger partial charge in [0.15, 0.2) is 0 Å². The molecule has 5 rings (SSSR count). The van der Waals surface area contributed by atoms with Gasteiger partial charge in [-0.2, -0.15) is 26.3 Å². The molecule has 2 aromatic carbocycles. The van der Waals surface area contributed by atoms with Gasteiger partial charge in [-0.05, 0) is 49.6 Å². The summed E-state index contributed by atoms with van der Waals surface area (Å²) in [6.07, 6.45) is -7.69. The van der Waals surface area contributed by atoms with Crippen LogP contribution in [-0.4, -0.2) is 34.2 Å². The standard InChI is InChI=1S/C24H19F6N3O3.H2/c25-23(26,27)14-2-1-3-17-20(14)21(35)13(10-31-17)22(36)32-16-6-4-11(8-15(16)24(28,29)30)33-12-5-7-18(33)19(34)9-12;/h1-4,6,8,10,12,18-19,34H,5,7,9H2,(H,31,35)(H,32,36);1H/t12?,18?,19-;/m1./s1. The first-order valence-corrected chi connectivity index (χ1v) is 11.1. The highest BCUT2D eigenvalue weighted by Crippen LogP contribution is 2.44. The molecular formula is C24H21F6N3O3. The number of amides is 1. The van der Waals surface area contributed by atoms with E-state index in [1.165, 1.54) is 12.1 Å². The number of alkyl halides is 6. The third kappa shape index (κ3) is 3.98. The third-order valence-electron chi connectivity index (χ3n) is 6.82. The van der Waals surface area contributed by atoms with Crippen LogP contribution in [0.3, 0.4) is 0 Å². The largest absolute Gasteiger partial charge is 0.418 e. The Bertz CT molecular complexity index is 1420. The Labute approximate surface area is 201 Å². The summed E-state index contributed by atoms with van der Waals surface area (Å²) in [6.45, 7) is 0. The lowest BCUT2D eigenvalue weighted by molar-refractivity contribution is -0.137. The summed E-state index contributed by atoms with van der Waals surface area (Å²) in [7, 11) is 0. The molecule has 0 aliphatic carbocycles. The van der Waals surface area contributed by atoms with Gasteiger partial charge in [0.2, 0.25) is 5.43 Å². The number of H-pyrrole nitrogens is 1. The molecule has 2 fully saturated rings. The van der Waals surface area contributed by atoms with Crippen molar-refractivity contribution in [3.63, 3.8) is 0 Å². The van der Waals surface area contributed by atoms with E-state index in [0.29, 0.717) is 18.9 Å². The number of carbonyl (C=O) groups excluding carboxylic acids is 1. The Morgan fingerprint density at radius 2 is 1.78 bits per heavy atom. The number of rotatable bonds is 3. The molecule has 0 saturated carbocycles. The van der Waals surface area contributed by atoms with Gasteiger partial charge in [0.25, 0.3) is 5.91 Å². The van der Waals surface area contributed by atoms with Crippen LogP contribution in [0.15, 0.2) is 47.4 Å². The number of nitrogens with one attached hydrogen (secondary N) is 2. The normalized spacial score (nSPS) is 21.9. The molecule has 2 aliphatic rings. The molecule has 3 heterocycles. The van der Waals surface area contributed by atoms with E-state index in [0.717, 1.165) is 30.8 Å². The molecule has 12 heteroatoms. The van der Waals surface area contributed by atoms with Crippen molar-refractivity contribution in [2.24, 2.45) is 0 Å². The third-order valence-corrected chi connectivity index (χ3v) is 6.82. The minimum absolute atomic E-state index is 0. The smallest absolute Gasteiger partial charge is 0.391 e. The zero-order valence-electron chi connectivity index (χ0n) is 18.4. The van der Waals surface area contributed by atoms with Gasteiger partial charge < -0.3 is 20.3 Å². The highest BCUT2D eigenvalue weighted by Gasteiger charge is 2.46. The van der Waals surface area contributed by atoms with E-state index in [2.05, 4.69) is 4.98 Å². The predicted octanol–water partition coefficient (Wildman–Crippen LogP) is 5.17. The molecule has 1 aromatic heterocycles. The average Bonchev–Trinajstić information content (AvgIpc) is 3.34. The van der Waals surface area contributed by atoms with E-state index < -0.39 is 57.6 Å². The summed E-state index contributed by atoms with van der Waals surface area (Å²) in [4.78, 5) is 29.8. The zero-order chi connectivity index (χ0) is 26.0. The van der Waals surface area contributed by atoms with Gasteiger partial charge in [0.05, 0.1) is 34.3 Å². The van der Waals surface area contributed by atoms with Crippen LogP contribution < -0.4 is 15.6 Å². The summed E-state index contributed by atoms with van der Waals surface area (Å²) in [5.41, 5.74) is -5.05. The highest BCUT2D eigenvalue weighted by atomic mass is 19.4. The van der Waals surface area contributed by atoms with E-state index in [1.54, 1.807) is 4.90 Å². The molecule has 0 spiro atoms. The molecule has 2 bridgehead atoms. The maximum absolute atomic E-state index is 13.9. The van der Waals surface area contributed by atoms with Crippen LogP contribution in [0.1, 0.15) is 42.2 Å². The van der Waals surface area contributed by atoms with Gasteiger partial charge in [-0.3, -0.25) is 9.59 Å². The van der Waals surface area contributed by atoms with Crippen LogP contribution in [0.25, 0.3) is 10.9 Å². The van der Waals surface area contributed by atoms with Crippen molar-refractivity contribution in [1.29, 1.82) is 0 Å². The molecule has 3 atom stereocenters. The zero-order valence-corrected chi connectivity index (χ0v) is 18.4. The van der Waals surface area contributed by atoms with Crippen molar-refractivity contribution < 1.29 is 37.7 Å². The van der Waals surface area contributed by atoms with E-state index >= 15 is 0 Å². The van der Waals surface area contributed by atoms with E-state index in [1.807, 2.05) is 5.32 Å². The Morgan fingerprint density at radius 1 is 1.06 bits per heavy atom. The molecule has 2 aliphatic heterocycles. The topological polar surface area (TPSA) is 85.4 Å². The van der Waals surface area contributed by atoms with Crippen molar-refractivity contribution in [3.05, 3.63) is 69.5 Å². The van der Waals surface area contributed by atoms with Crippen LogP contribution in [0.2, 0.25) is 0 Å².